The SMILES string of the molecule is O=C(O)CCCCCCCCCCN1C(=O)C(=Cc2ccccc2Cl)SC1=S. The van der Waals surface area contributed by atoms with Crippen LogP contribution in [0.1, 0.15) is 63.4 Å². The van der Waals surface area contributed by atoms with Crippen molar-refractivity contribution in [2.45, 2.75) is 57.8 Å². The van der Waals surface area contributed by atoms with Gasteiger partial charge in [0.25, 0.3) is 5.91 Å². The molecule has 7 heteroatoms. The summed E-state index contributed by atoms with van der Waals surface area (Å²) in [6.45, 7) is 0.656. The molecule has 0 aromatic heterocycles. The molecule has 1 heterocycles. The van der Waals surface area contributed by atoms with Crippen molar-refractivity contribution in [1.82, 2.24) is 4.90 Å². The summed E-state index contributed by atoms with van der Waals surface area (Å²) in [5.74, 6) is -0.745. The fourth-order valence-electron chi connectivity index (χ4n) is 3.03. The van der Waals surface area contributed by atoms with Crippen LogP contribution in [0.25, 0.3) is 6.08 Å². The van der Waals surface area contributed by atoms with Crippen molar-refractivity contribution in [3.8, 4) is 0 Å². The number of rotatable bonds is 12. The highest BCUT2D eigenvalue weighted by Crippen LogP contribution is 2.33. The van der Waals surface area contributed by atoms with Gasteiger partial charge in [-0.25, -0.2) is 0 Å². The molecule has 2 rings (SSSR count). The molecule has 1 fully saturated rings. The van der Waals surface area contributed by atoms with Crippen LogP contribution in [-0.2, 0) is 9.59 Å². The minimum atomic E-state index is -0.711. The normalized spacial score (nSPS) is 15.6. The van der Waals surface area contributed by atoms with Crippen LogP contribution in [0.5, 0.6) is 0 Å². The zero-order valence-corrected chi connectivity index (χ0v) is 18.3. The van der Waals surface area contributed by atoms with E-state index < -0.39 is 5.97 Å². The summed E-state index contributed by atoms with van der Waals surface area (Å²) in [7, 11) is 0. The Morgan fingerprint density at radius 2 is 1.68 bits per heavy atom. The second-order valence-corrected chi connectivity index (χ2v) is 8.91. The third kappa shape index (κ3) is 7.57. The van der Waals surface area contributed by atoms with Crippen LogP contribution < -0.4 is 0 Å². The van der Waals surface area contributed by atoms with Gasteiger partial charge in [0.15, 0.2) is 0 Å². The van der Waals surface area contributed by atoms with Gasteiger partial charge in [0.2, 0.25) is 0 Å². The highest BCUT2D eigenvalue weighted by Gasteiger charge is 2.31. The molecule has 1 amide bonds. The predicted octanol–water partition coefficient (Wildman–Crippen LogP) is 6.14. The number of carbonyl (C=O) groups is 2. The molecule has 0 atom stereocenters. The molecule has 0 bridgehead atoms. The van der Waals surface area contributed by atoms with Crippen molar-refractivity contribution in [2.24, 2.45) is 0 Å². The first kappa shape index (κ1) is 22.9. The van der Waals surface area contributed by atoms with E-state index in [9.17, 15) is 9.59 Å². The molecule has 0 aliphatic carbocycles. The van der Waals surface area contributed by atoms with Crippen LogP contribution in [0.4, 0.5) is 0 Å². The summed E-state index contributed by atoms with van der Waals surface area (Å²) in [6.07, 6.45) is 10.4. The van der Waals surface area contributed by atoms with Gasteiger partial charge < -0.3 is 5.11 Å². The Kier molecular flexibility index (Phi) is 10.0. The largest absolute Gasteiger partial charge is 0.481 e. The number of benzene rings is 1. The Hall–Kier alpha value is -1.37. The maximum atomic E-state index is 12.6. The van der Waals surface area contributed by atoms with Gasteiger partial charge in [0.1, 0.15) is 4.32 Å². The smallest absolute Gasteiger partial charge is 0.303 e. The zero-order valence-electron chi connectivity index (χ0n) is 15.9. The molecule has 1 aromatic rings. The van der Waals surface area contributed by atoms with Gasteiger partial charge >= 0.3 is 5.97 Å². The number of amides is 1. The number of nitrogens with zero attached hydrogens (tertiary/aromatic N) is 1. The van der Waals surface area contributed by atoms with Crippen molar-refractivity contribution < 1.29 is 14.7 Å². The zero-order chi connectivity index (χ0) is 20.4. The maximum Gasteiger partial charge on any atom is 0.303 e. The number of unbranched alkanes of at least 4 members (excludes halogenated alkanes) is 7. The molecule has 0 spiro atoms. The third-order valence-corrected chi connectivity index (χ3v) is 6.31. The lowest BCUT2D eigenvalue weighted by molar-refractivity contribution is -0.137. The van der Waals surface area contributed by atoms with Gasteiger partial charge in [-0.15, -0.1) is 0 Å². The number of carbonyl (C=O) groups excluding carboxylic acids is 1. The van der Waals surface area contributed by atoms with Gasteiger partial charge in [-0.1, -0.05) is 92.3 Å². The minimum Gasteiger partial charge on any atom is -0.481 e. The number of aliphatic carboxylic acids is 1. The van der Waals surface area contributed by atoms with Crippen molar-refractivity contribution in [2.75, 3.05) is 6.54 Å². The van der Waals surface area contributed by atoms with Gasteiger partial charge in [-0.2, -0.15) is 0 Å². The number of thiocarbonyl (C=S) groups is 1. The summed E-state index contributed by atoms with van der Waals surface area (Å²) in [6, 6.07) is 7.45. The van der Waals surface area contributed by atoms with Gasteiger partial charge in [-0.05, 0) is 30.5 Å². The first-order valence-electron chi connectivity index (χ1n) is 9.70. The van der Waals surface area contributed by atoms with E-state index in [1.165, 1.54) is 11.8 Å². The van der Waals surface area contributed by atoms with Crippen LogP contribution in [0.3, 0.4) is 0 Å². The van der Waals surface area contributed by atoms with E-state index in [0.29, 0.717) is 20.8 Å². The lowest BCUT2D eigenvalue weighted by Crippen LogP contribution is -2.29. The molecule has 1 N–H and O–H groups in total. The first-order valence-corrected chi connectivity index (χ1v) is 11.3. The van der Waals surface area contributed by atoms with Crippen LogP contribution in [0.15, 0.2) is 29.2 Å². The number of hydrogen-bond acceptors (Lipinski definition) is 4. The Balaban J connectivity index is 1.65. The van der Waals surface area contributed by atoms with E-state index in [2.05, 4.69) is 0 Å². The second-order valence-electron chi connectivity index (χ2n) is 6.83. The average molecular weight is 440 g/mol. The van der Waals surface area contributed by atoms with Gasteiger partial charge in [0, 0.05) is 18.0 Å². The average Bonchev–Trinajstić information content (AvgIpc) is 2.92. The van der Waals surface area contributed by atoms with E-state index in [1.807, 2.05) is 24.3 Å². The predicted molar refractivity (Wildman–Crippen MR) is 121 cm³/mol. The molecular formula is C21H26ClNO3S2. The standard InChI is InChI=1S/C21H26ClNO3S2/c22-17-12-9-8-11-16(17)15-18-20(26)23(21(27)28-18)14-10-6-4-2-1-3-5-7-13-19(24)25/h8-9,11-12,15H,1-7,10,13-14H2,(H,24,25). The highest BCUT2D eigenvalue weighted by molar-refractivity contribution is 8.26. The molecule has 0 saturated carbocycles. The van der Waals surface area contributed by atoms with Crippen LogP contribution in [0.2, 0.25) is 5.02 Å². The van der Waals surface area contributed by atoms with Gasteiger partial charge in [-0.3, -0.25) is 14.5 Å². The molecule has 0 radical (unpaired) electrons. The number of halogens is 1. The topological polar surface area (TPSA) is 57.6 Å². The van der Waals surface area contributed by atoms with E-state index in [-0.39, 0.29) is 12.3 Å². The lowest BCUT2D eigenvalue weighted by Gasteiger charge is -2.14. The van der Waals surface area contributed by atoms with Crippen molar-refractivity contribution in [1.29, 1.82) is 0 Å². The molecule has 1 aliphatic heterocycles. The van der Waals surface area contributed by atoms with Crippen LogP contribution in [-0.4, -0.2) is 32.7 Å². The molecule has 1 saturated heterocycles. The van der Waals surface area contributed by atoms with E-state index in [0.717, 1.165) is 56.9 Å². The number of hydrogen-bond donors (Lipinski definition) is 1. The molecule has 1 aromatic carbocycles. The Morgan fingerprint density at radius 1 is 1.07 bits per heavy atom. The summed E-state index contributed by atoms with van der Waals surface area (Å²) < 4.78 is 0.613. The monoisotopic (exact) mass is 439 g/mol. The summed E-state index contributed by atoms with van der Waals surface area (Å²) in [4.78, 5) is 25.4. The first-order chi connectivity index (χ1) is 13.5. The lowest BCUT2D eigenvalue weighted by atomic mass is 10.1. The van der Waals surface area contributed by atoms with Crippen LogP contribution >= 0.6 is 35.6 Å². The number of carboxylic acids is 1. The Bertz CT molecular complexity index is 736. The number of carboxylic acid groups (broad SMARTS) is 1. The molecular weight excluding hydrogens is 414 g/mol. The Labute approximate surface area is 181 Å². The second kappa shape index (κ2) is 12.2. The van der Waals surface area contributed by atoms with Crippen molar-refractivity contribution >= 4 is 57.9 Å². The molecule has 152 valence electrons. The van der Waals surface area contributed by atoms with E-state index in [4.69, 9.17) is 28.9 Å². The fourth-order valence-corrected chi connectivity index (χ4v) is 4.52. The van der Waals surface area contributed by atoms with Crippen molar-refractivity contribution in [3.05, 3.63) is 39.8 Å². The van der Waals surface area contributed by atoms with Crippen molar-refractivity contribution in [3.63, 3.8) is 0 Å². The molecule has 1 aliphatic rings. The van der Waals surface area contributed by atoms with Crippen LogP contribution in [0, 0.1) is 0 Å². The van der Waals surface area contributed by atoms with E-state index >= 15 is 0 Å². The quantitative estimate of drug-likeness (QED) is 0.241. The fraction of sp³-hybridized carbons (Fsp3) is 0.476. The van der Waals surface area contributed by atoms with E-state index in [1.54, 1.807) is 11.0 Å². The maximum absolute atomic E-state index is 12.6. The highest BCUT2D eigenvalue weighted by atomic mass is 35.5. The Morgan fingerprint density at radius 3 is 2.32 bits per heavy atom. The third-order valence-electron chi connectivity index (χ3n) is 4.59. The summed E-state index contributed by atoms with van der Waals surface area (Å²) >= 11 is 12.9. The molecule has 0 unspecified atom stereocenters. The molecule has 4 nitrogen and oxygen atoms in total. The summed E-state index contributed by atoms with van der Waals surface area (Å²) in [5, 5.41) is 9.22. The number of thioether (sulfide) groups is 1. The minimum absolute atomic E-state index is 0.0339. The molecule has 28 heavy (non-hydrogen) atoms. The van der Waals surface area contributed by atoms with Gasteiger partial charge in [0.05, 0.1) is 4.91 Å². The summed E-state index contributed by atoms with van der Waals surface area (Å²) in [5.41, 5.74) is 0.827.